The summed E-state index contributed by atoms with van der Waals surface area (Å²) in [7, 11) is 1.59. The van der Waals surface area contributed by atoms with Crippen LogP contribution in [0, 0.1) is 0 Å². The molecule has 0 bridgehead atoms. The van der Waals surface area contributed by atoms with Gasteiger partial charge >= 0.3 is 0 Å². The van der Waals surface area contributed by atoms with Gasteiger partial charge in [-0.25, -0.2) is 0 Å². The van der Waals surface area contributed by atoms with Gasteiger partial charge in [-0.1, -0.05) is 0 Å². The highest BCUT2D eigenvalue weighted by molar-refractivity contribution is 7.67. The van der Waals surface area contributed by atoms with Crippen molar-refractivity contribution in [2.75, 3.05) is 12.8 Å². The summed E-state index contributed by atoms with van der Waals surface area (Å²) in [4.78, 5) is 0. The fourth-order valence-electron chi connectivity index (χ4n) is 0.409. The maximum absolute atomic E-state index is 8.27. The van der Waals surface area contributed by atoms with Crippen LogP contribution in [0.25, 0.3) is 0 Å². The summed E-state index contributed by atoms with van der Waals surface area (Å²) in [6.45, 7) is 2.20. The van der Waals surface area contributed by atoms with Crippen molar-refractivity contribution in [3.8, 4) is 0 Å². The first-order chi connectivity index (χ1) is 2.84. The summed E-state index contributed by atoms with van der Waals surface area (Å²) in [6, 6.07) is 0. The van der Waals surface area contributed by atoms with Gasteiger partial charge in [0.15, 0.2) is 0 Å². The second-order valence-corrected chi connectivity index (χ2v) is 4.20. The fourth-order valence-corrected chi connectivity index (χ4v) is 1.72. The van der Waals surface area contributed by atoms with E-state index < -0.39 is 0 Å². The molecule has 0 amide bonds. The van der Waals surface area contributed by atoms with Crippen LogP contribution in [0.15, 0.2) is 0 Å². The molecule has 0 aromatic rings. The molecular formula is C3H7BOP. The molecule has 0 aromatic carbocycles. The molecule has 6 heavy (non-hydrogen) atoms. The van der Waals surface area contributed by atoms with Crippen molar-refractivity contribution in [1.29, 1.82) is 0 Å². The number of hydrogen-bond donors (Lipinski definition) is 1. The molecule has 1 heterocycles. The molecule has 2 unspecified atom stereocenters. The molecule has 0 aliphatic carbocycles. The largest absolute Gasteiger partial charge is 0.454 e. The SMILES string of the molecule is CP1CC1[B]O. The lowest BCUT2D eigenvalue weighted by Gasteiger charge is -1.75. The molecule has 3 heteroatoms. The normalized spacial score (nSPS) is 42.3. The molecule has 1 aliphatic rings. The van der Waals surface area contributed by atoms with E-state index in [1.165, 1.54) is 13.6 Å². The molecular weight excluding hydrogens is 93.8 g/mol. The Bertz CT molecular complexity index is 56.8. The van der Waals surface area contributed by atoms with Crippen LogP contribution < -0.4 is 0 Å². The van der Waals surface area contributed by atoms with Gasteiger partial charge in [-0.15, -0.1) is 7.92 Å². The molecule has 1 radical (unpaired) electrons. The molecule has 1 saturated heterocycles. The van der Waals surface area contributed by atoms with Crippen LogP contribution >= 0.6 is 7.92 Å². The predicted octanol–water partition coefficient (Wildman–Crippen LogP) is 0.0493. The van der Waals surface area contributed by atoms with Crippen LogP contribution in [0.2, 0.25) is 0 Å². The molecule has 33 valence electrons. The van der Waals surface area contributed by atoms with Gasteiger partial charge in [0.2, 0.25) is 0 Å². The monoisotopic (exact) mass is 101 g/mol. The van der Waals surface area contributed by atoms with Gasteiger partial charge in [-0.2, -0.15) is 0 Å². The molecule has 2 atom stereocenters. The maximum atomic E-state index is 8.27. The lowest BCUT2D eigenvalue weighted by atomic mass is 9.99. The van der Waals surface area contributed by atoms with Crippen molar-refractivity contribution < 1.29 is 5.02 Å². The Kier molecular flexibility index (Phi) is 1.16. The van der Waals surface area contributed by atoms with Gasteiger partial charge < -0.3 is 5.02 Å². The Morgan fingerprint density at radius 1 is 2.00 bits per heavy atom. The van der Waals surface area contributed by atoms with Crippen LogP contribution in [-0.4, -0.2) is 30.9 Å². The van der Waals surface area contributed by atoms with E-state index in [0.29, 0.717) is 5.56 Å². The Morgan fingerprint density at radius 3 is 2.50 bits per heavy atom. The van der Waals surface area contributed by atoms with Gasteiger partial charge in [0.05, 0.1) is 0 Å². The van der Waals surface area contributed by atoms with Crippen LogP contribution in [0.1, 0.15) is 0 Å². The van der Waals surface area contributed by atoms with Crippen molar-refractivity contribution in [2.45, 2.75) is 5.56 Å². The number of hydrogen-bond acceptors (Lipinski definition) is 1. The molecule has 1 aliphatic heterocycles. The topological polar surface area (TPSA) is 20.2 Å². The molecule has 1 rings (SSSR count). The van der Waals surface area contributed by atoms with Crippen molar-refractivity contribution in [3.63, 3.8) is 0 Å². The van der Waals surface area contributed by atoms with E-state index in [9.17, 15) is 0 Å². The highest BCUT2D eigenvalue weighted by Gasteiger charge is 2.31. The minimum absolute atomic E-state index is 0.261. The number of rotatable bonds is 1. The summed E-state index contributed by atoms with van der Waals surface area (Å²) in [6.07, 6.45) is 1.26. The summed E-state index contributed by atoms with van der Waals surface area (Å²) in [5, 5.41) is 8.27. The van der Waals surface area contributed by atoms with Crippen molar-refractivity contribution in [1.82, 2.24) is 0 Å². The average Bonchev–Trinajstić information content (AvgIpc) is 2.19. The summed E-state index contributed by atoms with van der Waals surface area (Å²) in [5.41, 5.74) is 0.597. The average molecular weight is 101 g/mol. The van der Waals surface area contributed by atoms with Crippen LogP contribution in [0.4, 0.5) is 0 Å². The van der Waals surface area contributed by atoms with E-state index in [1.54, 1.807) is 0 Å². The molecule has 1 N–H and O–H groups in total. The summed E-state index contributed by atoms with van der Waals surface area (Å²) >= 11 is 0. The maximum Gasteiger partial charge on any atom is 0.295 e. The molecule has 1 nitrogen and oxygen atoms in total. The van der Waals surface area contributed by atoms with E-state index in [1.807, 2.05) is 0 Å². The van der Waals surface area contributed by atoms with Crippen LogP contribution in [0.5, 0.6) is 0 Å². The molecule has 0 saturated carbocycles. The second-order valence-electron chi connectivity index (χ2n) is 1.66. The third kappa shape index (κ3) is 0.744. The predicted molar refractivity (Wildman–Crippen MR) is 29.5 cm³/mol. The summed E-state index contributed by atoms with van der Waals surface area (Å²) < 4.78 is 0. The lowest BCUT2D eigenvalue weighted by Crippen LogP contribution is -1.94. The van der Waals surface area contributed by atoms with Crippen molar-refractivity contribution in [2.24, 2.45) is 0 Å². The second kappa shape index (κ2) is 1.51. The van der Waals surface area contributed by atoms with Gasteiger partial charge in [0.1, 0.15) is 0 Å². The molecule has 0 aromatic heterocycles. The highest BCUT2D eigenvalue weighted by Crippen LogP contribution is 2.53. The molecule has 0 spiro atoms. The van der Waals surface area contributed by atoms with E-state index in [2.05, 4.69) is 6.66 Å². The first-order valence-electron chi connectivity index (χ1n) is 2.02. The van der Waals surface area contributed by atoms with Gasteiger partial charge in [0.25, 0.3) is 7.48 Å². The minimum Gasteiger partial charge on any atom is -0.454 e. The Balaban J connectivity index is 2.09. The van der Waals surface area contributed by atoms with Gasteiger partial charge in [-0.3, -0.25) is 0 Å². The van der Waals surface area contributed by atoms with E-state index >= 15 is 0 Å². The quantitative estimate of drug-likeness (QED) is 0.365. The van der Waals surface area contributed by atoms with E-state index in [4.69, 9.17) is 5.02 Å². The first-order valence-corrected chi connectivity index (χ1v) is 4.06. The lowest BCUT2D eigenvalue weighted by molar-refractivity contribution is 0.603. The zero-order valence-electron chi connectivity index (χ0n) is 3.76. The van der Waals surface area contributed by atoms with Crippen LogP contribution in [-0.2, 0) is 0 Å². The zero-order chi connectivity index (χ0) is 4.57. The standard InChI is InChI=1S/C3H7BOP/c1-6-2-3(6)4-5/h3,5H,2H2,1H3. The minimum atomic E-state index is 0.261. The van der Waals surface area contributed by atoms with E-state index in [-0.39, 0.29) is 7.92 Å². The highest BCUT2D eigenvalue weighted by atomic mass is 31.1. The molecule has 1 fully saturated rings. The van der Waals surface area contributed by atoms with Crippen molar-refractivity contribution >= 4 is 15.4 Å². The third-order valence-corrected chi connectivity index (χ3v) is 3.03. The Morgan fingerprint density at radius 2 is 2.50 bits per heavy atom. The summed E-state index contributed by atoms with van der Waals surface area (Å²) in [5.74, 6) is 0. The zero-order valence-corrected chi connectivity index (χ0v) is 4.65. The van der Waals surface area contributed by atoms with Crippen LogP contribution in [0.3, 0.4) is 0 Å². The van der Waals surface area contributed by atoms with Gasteiger partial charge in [-0.05, 0) is 18.4 Å². The smallest absolute Gasteiger partial charge is 0.295 e. The Labute approximate surface area is 39.8 Å². The van der Waals surface area contributed by atoms with Gasteiger partial charge in [0, 0.05) is 0 Å². The first kappa shape index (κ1) is 4.61. The van der Waals surface area contributed by atoms with Crippen molar-refractivity contribution in [3.05, 3.63) is 0 Å². The Hall–Kier alpha value is 0.455. The van der Waals surface area contributed by atoms with E-state index in [0.717, 1.165) is 0 Å². The third-order valence-electron chi connectivity index (χ3n) is 1.08. The fraction of sp³-hybridized carbons (Fsp3) is 1.00.